The van der Waals surface area contributed by atoms with Gasteiger partial charge in [0.25, 0.3) is 5.91 Å². The first-order chi connectivity index (χ1) is 10.2. The van der Waals surface area contributed by atoms with E-state index in [1.165, 1.54) is 4.90 Å². The minimum atomic E-state index is -0.518. The molecule has 2 amide bonds. The number of rotatable bonds is 3. The SMILES string of the molecule is NC(=O)C1CCCN1C(=O)C1=NOC(c2ccccc2)C1. The van der Waals surface area contributed by atoms with Crippen molar-refractivity contribution in [2.45, 2.75) is 31.4 Å². The van der Waals surface area contributed by atoms with Crippen molar-refractivity contribution in [3.05, 3.63) is 35.9 Å². The molecule has 2 atom stereocenters. The molecule has 0 aromatic heterocycles. The lowest BCUT2D eigenvalue weighted by Crippen LogP contribution is -2.46. The van der Waals surface area contributed by atoms with E-state index < -0.39 is 11.9 Å². The van der Waals surface area contributed by atoms with E-state index in [4.69, 9.17) is 10.6 Å². The number of nitrogens with zero attached hydrogens (tertiary/aromatic N) is 2. The van der Waals surface area contributed by atoms with Gasteiger partial charge in [-0.2, -0.15) is 0 Å². The highest BCUT2D eigenvalue weighted by molar-refractivity contribution is 6.39. The van der Waals surface area contributed by atoms with E-state index in [-0.39, 0.29) is 12.0 Å². The van der Waals surface area contributed by atoms with Crippen LogP contribution >= 0.6 is 0 Å². The molecule has 2 aliphatic heterocycles. The third-order valence-corrected chi connectivity index (χ3v) is 3.93. The molecule has 1 aromatic carbocycles. The second-order valence-electron chi connectivity index (χ2n) is 5.31. The van der Waals surface area contributed by atoms with Gasteiger partial charge in [-0.1, -0.05) is 35.5 Å². The summed E-state index contributed by atoms with van der Waals surface area (Å²) < 4.78 is 0. The Morgan fingerprint density at radius 2 is 2.05 bits per heavy atom. The number of hydrogen-bond donors (Lipinski definition) is 1. The zero-order valence-corrected chi connectivity index (χ0v) is 11.6. The van der Waals surface area contributed by atoms with Crippen molar-refractivity contribution < 1.29 is 14.4 Å². The van der Waals surface area contributed by atoms with Crippen LogP contribution in [0.2, 0.25) is 0 Å². The van der Waals surface area contributed by atoms with Crippen molar-refractivity contribution in [3.8, 4) is 0 Å². The summed E-state index contributed by atoms with van der Waals surface area (Å²) >= 11 is 0. The predicted octanol–water partition coefficient (Wildman–Crippen LogP) is 0.980. The Hall–Kier alpha value is -2.37. The zero-order valence-electron chi connectivity index (χ0n) is 11.6. The fourth-order valence-corrected chi connectivity index (χ4v) is 2.82. The Bertz CT molecular complexity index is 585. The lowest BCUT2D eigenvalue weighted by atomic mass is 10.0. The first kappa shape index (κ1) is 13.6. The van der Waals surface area contributed by atoms with Crippen molar-refractivity contribution in [1.82, 2.24) is 4.90 Å². The third-order valence-electron chi connectivity index (χ3n) is 3.93. The molecule has 2 unspecified atom stereocenters. The molecule has 0 bridgehead atoms. The normalized spacial score (nSPS) is 24.6. The Morgan fingerprint density at radius 3 is 2.76 bits per heavy atom. The average Bonchev–Trinajstić information content (AvgIpc) is 3.17. The molecule has 0 radical (unpaired) electrons. The lowest BCUT2D eigenvalue weighted by molar-refractivity contribution is -0.132. The summed E-state index contributed by atoms with van der Waals surface area (Å²) in [5, 5.41) is 3.91. The van der Waals surface area contributed by atoms with Gasteiger partial charge >= 0.3 is 0 Å². The number of benzene rings is 1. The van der Waals surface area contributed by atoms with E-state index in [1.807, 2.05) is 30.3 Å². The highest BCUT2D eigenvalue weighted by Crippen LogP contribution is 2.28. The number of primary amides is 1. The molecule has 6 heteroatoms. The lowest BCUT2D eigenvalue weighted by Gasteiger charge is -2.21. The van der Waals surface area contributed by atoms with Crippen LogP contribution in [0.4, 0.5) is 0 Å². The van der Waals surface area contributed by atoms with E-state index >= 15 is 0 Å². The molecule has 110 valence electrons. The summed E-state index contributed by atoms with van der Waals surface area (Å²) in [6.07, 6.45) is 1.59. The minimum absolute atomic E-state index is 0.236. The van der Waals surface area contributed by atoms with Gasteiger partial charge in [0, 0.05) is 13.0 Å². The number of hydrogen-bond acceptors (Lipinski definition) is 4. The summed E-state index contributed by atoms with van der Waals surface area (Å²) in [5.41, 5.74) is 6.68. The third kappa shape index (κ3) is 2.61. The van der Waals surface area contributed by atoms with E-state index in [2.05, 4.69) is 5.16 Å². The van der Waals surface area contributed by atoms with Gasteiger partial charge in [0.1, 0.15) is 11.8 Å². The van der Waals surface area contributed by atoms with Gasteiger partial charge in [0.05, 0.1) is 0 Å². The molecule has 1 aromatic rings. The van der Waals surface area contributed by atoms with E-state index in [1.54, 1.807) is 0 Å². The van der Waals surface area contributed by atoms with Crippen molar-refractivity contribution in [1.29, 1.82) is 0 Å². The van der Waals surface area contributed by atoms with E-state index in [0.29, 0.717) is 25.1 Å². The Labute approximate surface area is 122 Å². The monoisotopic (exact) mass is 287 g/mol. The van der Waals surface area contributed by atoms with E-state index in [0.717, 1.165) is 12.0 Å². The average molecular weight is 287 g/mol. The maximum Gasteiger partial charge on any atom is 0.272 e. The largest absolute Gasteiger partial charge is 0.387 e. The van der Waals surface area contributed by atoms with Gasteiger partial charge in [0.2, 0.25) is 5.91 Å². The molecule has 0 aliphatic carbocycles. The van der Waals surface area contributed by atoms with Crippen LogP contribution in [0.5, 0.6) is 0 Å². The molecule has 1 fully saturated rings. The molecule has 0 saturated carbocycles. The number of oxime groups is 1. The van der Waals surface area contributed by atoms with Crippen LogP contribution in [-0.2, 0) is 14.4 Å². The number of nitrogens with two attached hydrogens (primary N) is 1. The summed E-state index contributed by atoms with van der Waals surface area (Å²) in [7, 11) is 0. The van der Waals surface area contributed by atoms with Gasteiger partial charge in [-0.25, -0.2) is 0 Å². The van der Waals surface area contributed by atoms with Crippen LogP contribution in [0.1, 0.15) is 30.9 Å². The van der Waals surface area contributed by atoms with Crippen molar-refractivity contribution in [3.63, 3.8) is 0 Å². The Balaban J connectivity index is 1.68. The molecule has 21 heavy (non-hydrogen) atoms. The first-order valence-electron chi connectivity index (χ1n) is 7.04. The van der Waals surface area contributed by atoms with Gasteiger partial charge in [-0.15, -0.1) is 0 Å². The number of likely N-dealkylation sites (tertiary alicyclic amines) is 1. The van der Waals surface area contributed by atoms with Crippen LogP contribution in [0.3, 0.4) is 0 Å². The van der Waals surface area contributed by atoms with Crippen LogP contribution in [0.25, 0.3) is 0 Å². The summed E-state index contributed by atoms with van der Waals surface area (Å²) in [6.45, 7) is 0.543. The standard InChI is InChI=1S/C15H17N3O3/c16-14(19)12-7-4-8-18(12)15(20)11-9-13(21-17-11)10-5-2-1-3-6-10/h1-3,5-6,12-13H,4,7-9H2,(H2,16,19). The summed E-state index contributed by atoms with van der Waals surface area (Å²) in [5.74, 6) is -0.699. The highest BCUT2D eigenvalue weighted by atomic mass is 16.6. The number of carbonyl (C=O) groups excluding carboxylic acids is 2. The fourth-order valence-electron chi connectivity index (χ4n) is 2.82. The van der Waals surface area contributed by atoms with Crippen molar-refractivity contribution in [2.24, 2.45) is 10.9 Å². The molecule has 2 N–H and O–H groups in total. The van der Waals surface area contributed by atoms with Gasteiger partial charge in [-0.3, -0.25) is 9.59 Å². The summed E-state index contributed by atoms with van der Waals surface area (Å²) in [6, 6.07) is 9.12. The Kier molecular flexibility index (Phi) is 3.60. The van der Waals surface area contributed by atoms with E-state index in [9.17, 15) is 9.59 Å². The molecular weight excluding hydrogens is 270 g/mol. The molecule has 1 saturated heterocycles. The molecule has 3 rings (SSSR count). The minimum Gasteiger partial charge on any atom is -0.387 e. The second kappa shape index (κ2) is 5.55. The highest BCUT2D eigenvalue weighted by Gasteiger charge is 2.37. The van der Waals surface area contributed by atoms with Crippen LogP contribution in [0.15, 0.2) is 35.5 Å². The maximum atomic E-state index is 12.4. The van der Waals surface area contributed by atoms with Crippen LogP contribution in [0, 0.1) is 0 Å². The second-order valence-corrected chi connectivity index (χ2v) is 5.31. The van der Waals surface area contributed by atoms with Gasteiger partial charge in [0.15, 0.2) is 6.10 Å². The number of amides is 2. The zero-order chi connectivity index (χ0) is 14.8. The first-order valence-corrected chi connectivity index (χ1v) is 7.04. The topological polar surface area (TPSA) is 85.0 Å². The maximum absolute atomic E-state index is 12.4. The molecule has 0 spiro atoms. The van der Waals surface area contributed by atoms with Crippen molar-refractivity contribution >= 4 is 17.5 Å². The predicted molar refractivity (Wildman–Crippen MR) is 76.2 cm³/mol. The molecular formula is C15H17N3O3. The molecule has 6 nitrogen and oxygen atoms in total. The molecule has 2 heterocycles. The van der Waals surface area contributed by atoms with Crippen molar-refractivity contribution in [2.75, 3.05) is 6.54 Å². The van der Waals surface area contributed by atoms with Crippen LogP contribution in [-0.4, -0.2) is 35.0 Å². The summed E-state index contributed by atoms with van der Waals surface area (Å²) in [4.78, 5) is 30.7. The quantitative estimate of drug-likeness (QED) is 0.899. The number of carbonyl (C=O) groups is 2. The molecule has 2 aliphatic rings. The van der Waals surface area contributed by atoms with Crippen LogP contribution < -0.4 is 5.73 Å². The fraction of sp³-hybridized carbons (Fsp3) is 0.400. The van der Waals surface area contributed by atoms with Gasteiger partial charge < -0.3 is 15.5 Å². The Morgan fingerprint density at radius 1 is 1.29 bits per heavy atom. The smallest absolute Gasteiger partial charge is 0.272 e. The van der Waals surface area contributed by atoms with Gasteiger partial charge in [-0.05, 0) is 18.4 Å².